The summed E-state index contributed by atoms with van der Waals surface area (Å²) >= 11 is 0. The van der Waals surface area contributed by atoms with Crippen LogP contribution in [0.15, 0.2) is 6.20 Å². The molecule has 0 saturated heterocycles. The van der Waals surface area contributed by atoms with Crippen LogP contribution in [0.5, 0.6) is 0 Å². The molecule has 0 aliphatic carbocycles. The van der Waals surface area contributed by atoms with Gasteiger partial charge in [0, 0.05) is 25.8 Å². The van der Waals surface area contributed by atoms with Crippen molar-refractivity contribution < 1.29 is 14.7 Å². The van der Waals surface area contributed by atoms with Crippen LogP contribution in [0.4, 0.5) is 4.79 Å². The summed E-state index contributed by atoms with van der Waals surface area (Å²) in [5, 5.41) is 21.0. The smallest absolute Gasteiger partial charge is 0.321 e. The number of carbonyl (C=O) groups is 2. The van der Waals surface area contributed by atoms with Crippen LogP contribution < -0.4 is 10.6 Å². The van der Waals surface area contributed by atoms with E-state index < -0.39 is 11.9 Å². The number of hydrogen-bond donors (Lipinski definition) is 3. The van der Waals surface area contributed by atoms with Crippen LogP contribution in [0, 0.1) is 5.92 Å². The molecule has 0 bridgehead atoms. The number of hydrogen-bond acceptors (Lipinski definition) is 5. The third kappa shape index (κ3) is 5.96. The summed E-state index contributed by atoms with van der Waals surface area (Å²) in [7, 11) is 0. The molecule has 0 spiro atoms. The lowest BCUT2D eigenvalue weighted by Gasteiger charge is -2.08. The average molecular weight is 269 g/mol. The predicted octanol–water partition coefficient (Wildman–Crippen LogP) is -0.705. The Bertz CT molecular complexity index is 430. The van der Waals surface area contributed by atoms with Gasteiger partial charge in [-0.15, -0.1) is 5.10 Å². The van der Waals surface area contributed by atoms with Crippen LogP contribution >= 0.6 is 0 Å². The van der Waals surface area contributed by atoms with Gasteiger partial charge in [-0.1, -0.05) is 19.1 Å². The molecule has 0 radical (unpaired) electrons. The van der Waals surface area contributed by atoms with Gasteiger partial charge in [-0.2, -0.15) is 0 Å². The first-order valence-electron chi connectivity index (χ1n) is 6.08. The van der Waals surface area contributed by atoms with Crippen molar-refractivity contribution >= 4 is 11.9 Å². The van der Waals surface area contributed by atoms with Crippen LogP contribution in [0.2, 0.25) is 0 Å². The van der Waals surface area contributed by atoms with Gasteiger partial charge >= 0.3 is 6.03 Å². The maximum atomic E-state index is 11.5. The second-order valence-electron chi connectivity index (χ2n) is 4.53. The third-order valence-electron chi connectivity index (χ3n) is 2.18. The van der Waals surface area contributed by atoms with Gasteiger partial charge in [0.1, 0.15) is 6.54 Å². The van der Waals surface area contributed by atoms with E-state index in [1.165, 1.54) is 4.68 Å². The molecule has 0 aliphatic heterocycles. The normalized spacial score (nSPS) is 10.5. The van der Waals surface area contributed by atoms with E-state index in [-0.39, 0.29) is 13.2 Å². The van der Waals surface area contributed by atoms with Crippen molar-refractivity contribution in [3.63, 3.8) is 0 Å². The van der Waals surface area contributed by atoms with E-state index in [0.29, 0.717) is 24.6 Å². The molecule has 0 unspecified atom stereocenters. The third-order valence-corrected chi connectivity index (χ3v) is 2.18. The van der Waals surface area contributed by atoms with Gasteiger partial charge in [-0.3, -0.25) is 10.1 Å². The Morgan fingerprint density at radius 1 is 1.47 bits per heavy atom. The molecule has 1 heterocycles. The second-order valence-corrected chi connectivity index (χ2v) is 4.53. The van der Waals surface area contributed by atoms with Crippen LogP contribution in [-0.4, -0.2) is 45.2 Å². The second kappa shape index (κ2) is 7.47. The molecule has 0 atom stereocenters. The summed E-state index contributed by atoms with van der Waals surface area (Å²) in [5.74, 6) is -0.154. The monoisotopic (exact) mass is 269 g/mol. The number of carbonyl (C=O) groups excluding carboxylic acids is 2. The number of imide groups is 1. The Morgan fingerprint density at radius 2 is 2.21 bits per heavy atom. The fourth-order valence-corrected chi connectivity index (χ4v) is 1.30. The molecule has 1 aromatic rings. The zero-order chi connectivity index (χ0) is 14.3. The van der Waals surface area contributed by atoms with E-state index in [2.05, 4.69) is 20.9 Å². The number of nitrogens with one attached hydrogen (secondary N) is 2. The first-order valence-corrected chi connectivity index (χ1v) is 6.08. The molecule has 1 rings (SSSR count). The number of aliphatic hydroxyl groups is 1. The highest BCUT2D eigenvalue weighted by Gasteiger charge is 2.09. The zero-order valence-electron chi connectivity index (χ0n) is 11.1. The molecule has 0 aromatic carbocycles. The van der Waals surface area contributed by atoms with E-state index in [0.717, 1.165) is 0 Å². The first-order chi connectivity index (χ1) is 9.01. The lowest BCUT2D eigenvalue weighted by atomic mass is 10.2. The van der Waals surface area contributed by atoms with Crippen LogP contribution in [0.3, 0.4) is 0 Å². The van der Waals surface area contributed by atoms with Crippen molar-refractivity contribution in [2.45, 2.75) is 26.8 Å². The Labute approximate surface area is 111 Å². The van der Waals surface area contributed by atoms with Crippen LogP contribution in [0.1, 0.15) is 19.5 Å². The highest BCUT2D eigenvalue weighted by molar-refractivity contribution is 5.94. The van der Waals surface area contributed by atoms with Crippen molar-refractivity contribution in [3.05, 3.63) is 11.9 Å². The summed E-state index contributed by atoms with van der Waals surface area (Å²) < 4.78 is 1.32. The first kappa shape index (κ1) is 15.1. The maximum Gasteiger partial charge on any atom is 0.321 e. The standard InChI is InChI=1S/C11H19N5O3/c1-8(2)5-12-11(19)13-10(18)7-16-6-9(3-4-17)14-15-16/h6,8,17H,3-5,7H2,1-2H3,(H2,12,13,18,19). The quantitative estimate of drug-likeness (QED) is 0.632. The van der Waals surface area contributed by atoms with Gasteiger partial charge in [0.25, 0.3) is 0 Å². The molecule has 0 aliphatic rings. The summed E-state index contributed by atoms with van der Waals surface area (Å²) in [5.41, 5.74) is 0.597. The van der Waals surface area contributed by atoms with Crippen molar-refractivity contribution in [3.8, 4) is 0 Å². The summed E-state index contributed by atoms with van der Waals surface area (Å²) in [6, 6.07) is -0.519. The van der Waals surface area contributed by atoms with Crippen molar-refractivity contribution in [1.29, 1.82) is 0 Å². The molecule has 19 heavy (non-hydrogen) atoms. The average Bonchev–Trinajstić information content (AvgIpc) is 2.74. The Balaban J connectivity index is 2.35. The van der Waals surface area contributed by atoms with Gasteiger partial charge in [0.2, 0.25) is 5.91 Å². The number of urea groups is 1. The molecule has 3 amide bonds. The van der Waals surface area contributed by atoms with Gasteiger partial charge in [-0.05, 0) is 5.92 Å². The Kier molecular flexibility index (Phi) is 5.94. The van der Waals surface area contributed by atoms with Gasteiger partial charge in [-0.25, -0.2) is 9.48 Å². The molecule has 3 N–H and O–H groups in total. The molecule has 0 saturated carbocycles. The fraction of sp³-hybridized carbons (Fsp3) is 0.636. The summed E-state index contributed by atoms with van der Waals surface area (Å²) in [6.07, 6.45) is 1.94. The van der Waals surface area contributed by atoms with Gasteiger partial charge in [0.15, 0.2) is 0 Å². The summed E-state index contributed by atoms with van der Waals surface area (Å²) in [4.78, 5) is 22.9. The molecule has 0 fully saturated rings. The maximum absolute atomic E-state index is 11.5. The number of rotatable bonds is 6. The van der Waals surface area contributed by atoms with E-state index in [1.807, 2.05) is 13.8 Å². The summed E-state index contributed by atoms with van der Waals surface area (Å²) in [6.45, 7) is 4.31. The van der Waals surface area contributed by atoms with E-state index in [4.69, 9.17) is 5.11 Å². The Morgan fingerprint density at radius 3 is 2.84 bits per heavy atom. The SMILES string of the molecule is CC(C)CNC(=O)NC(=O)Cn1cc(CCO)nn1. The molecule has 106 valence electrons. The molecule has 8 nitrogen and oxygen atoms in total. The van der Waals surface area contributed by atoms with Crippen molar-refractivity contribution in [2.24, 2.45) is 5.92 Å². The van der Waals surface area contributed by atoms with E-state index in [1.54, 1.807) is 6.20 Å². The number of amides is 3. The predicted molar refractivity (Wildman–Crippen MR) is 67.2 cm³/mol. The minimum absolute atomic E-state index is 0.0253. The molecule has 8 heteroatoms. The molecular formula is C11H19N5O3. The van der Waals surface area contributed by atoms with Gasteiger partial charge < -0.3 is 10.4 Å². The number of aromatic nitrogens is 3. The lowest BCUT2D eigenvalue weighted by molar-refractivity contribution is -0.120. The zero-order valence-corrected chi connectivity index (χ0v) is 11.1. The highest BCUT2D eigenvalue weighted by atomic mass is 16.3. The topological polar surface area (TPSA) is 109 Å². The highest BCUT2D eigenvalue weighted by Crippen LogP contribution is 1.93. The minimum atomic E-state index is -0.519. The lowest BCUT2D eigenvalue weighted by Crippen LogP contribution is -2.42. The minimum Gasteiger partial charge on any atom is -0.396 e. The molecule has 1 aromatic heterocycles. The largest absolute Gasteiger partial charge is 0.396 e. The van der Waals surface area contributed by atoms with E-state index >= 15 is 0 Å². The fourth-order valence-electron chi connectivity index (χ4n) is 1.30. The van der Waals surface area contributed by atoms with Crippen LogP contribution in [0.25, 0.3) is 0 Å². The Hall–Kier alpha value is -1.96. The van der Waals surface area contributed by atoms with Crippen molar-refractivity contribution in [1.82, 2.24) is 25.6 Å². The molecular weight excluding hydrogens is 250 g/mol. The van der Waals surface area contributed by atoms with Gasteiger partial charge in [0.05, 0.1) is 5.69 Å². The van der Waals surface area contributed by atoms with Crippen LogP contribution in [-0.2, 0) is 17.8 Å². The van der Waals surface area contributed by atoms with Crippen molar-refractivity contribution in [2.75, 3.05) is 13.2 Å². The number of nitrogens with zero attached hydrogens (tertiary/aromatic N) is 3. The van der Waals surface area contributed by atoms with E-state index in [9.17, 15) is 9.59 Å². The number of aliphatic hydroxyl groups excluding tert-OH is 1.